The molecule has 2 aromatic carbocycles. The molecule has 0 saturated carbocycles. The molecule has 0 bridgehead atoms. The minimum Gasteiger partial charge on any atom is -0.497 e. The second-order valence-electron chi connectivity index (χ2n) is 7.35. The number of ether oxygens (including phenoxy) is 2. The summed E-state index contributed by atoms with van der Waals surface area (Å²) in [5.41, 5.74) is 3.09. The summed E-state index contributed by atoms with van der Waals surface area (Å²) in [4.78, 5) is 25.7. The highest BCUT2D eigenvalue weighted by Crippen LogP contribution is 2.45. The van der Waals surface area contributed by atoms with E-state index in [0.29, 0.717) is 40.6 Å². The molecule has 0 aromatic heterocycles. The van der Waals surface area contributed by atoms with Crippen molar-refractivity contribution in [1.29, 1.82) is 0 Å². The van der Waals surface area contributed by atoms with E-state index in [1.807, 2.05) is 36.4 Å². The number of amides is 1. The summed E-state index contributed by atoms with van der Waals surface area (Å²) >= 11 is 6.39. The second kappa shape index (κ2) is 7.91. The molecule has 0 unspecified atom stereocenters. The number of hydrogen-bond donors (Lipinski definition) is 1. The summed E-state index contributed by atoms with van der Waals surface area (Å²) in [7, 11) is 3.21. The fourth-order valence-electron chi connectivity index (χ4n) is 4.36. The van der Waals surface area contributed by atoms with Crippen LogP contribution in [0.4, 0.5) is 0 Å². The molecule has 6 heteroatoms. The molecule has 150 valence electrons. The number of ketones is 1. The van der Waals surface area contributed by atoms with Crippen molar-refractivity contribution in [3.8, 4) is 11.5 Å². The van der Waals surface area contributed by atoms with Crippen LogP contribution in [0.3, 0.4) is 0 Å². The minimum absolute atomic E-state index is 0.0334. The van der Waals surface area contributed by atoms with Gasteiger partial charge in [0.05, 0.1) is 14.2 Å². The Morgan fingerprint density at radius 2 is 1.76 bits per heavy atom. The Morgan fingerprint density at radius 3 is 2.48 bits per heavy atom. The van der Waals surface area contributed by atoms with Crippen molar-refractivity contribution in [2.45, 2.75) is 31.1 Å². The predicted molar refractivity (Wildman–Crippen MR) is 111 cm³/mol. The number of allylic oxidation sites excluding steroid dienone is 2. The van der Waals surface area contributed by atoms with Crippen molar-refractivity contribution < 1.29 is 19.1 Å². The van der Waals surface area contributed by atoms with Gasteiger partial charge in [-0.1, -0.05) is 29.8 Å². The van der Waals surface area contributed by atoms with Crippen LogP contribution in [0.1, 0.15) is 42.2 Å². The maximum Gasteiger partial charge on any atom is 0.225 e. The highest BCUT2D eigenvalue weighted by Gasteiger charge is 2.39. The third-order valence-corrected chi connectivity index (χ3v) is 6.04. The Balaban J connectivity index is 1.75. The molecule has 4 rings (SSSR count). The van der Waals surface area contributed by atoms with Gasteiger partial charge in [-0.3, -0.25) is 9.59 Å². The Morgan fingerprint density at radius 1 is 0.966 bits per heavy atom. The van der Waals surface area contributed by atoms with Crippen LogP contribution in [0.5, 0.6) is 11.5 Å². The Kier molecular flexibility index (Phi) is 5.33. The number of hydrogen-bond acceptors (Lipinski definition) is 4. The average Bonchev–Trinajstić information content (AvgIpc) is 2.72. The van der Waals surface area contributed by atoms with Crippen LogP contribution < -0.4 is 14.8 Å². The van der Waals surface area contributed by atoms with E-state index in [2.05, 4.69) is 5.32 Å². The van der Waals surface area contributed by atoms with Crippen LogP contribution in [0, 0.1) is 0 Å². The largest absolute Gasteiger partial charge is 0.497 e. The molecule has 0 spiro atoms. The highest BCUT2D eigenvalue weighted by atomic mass is 35.5. The number of rotatable bonds is 4. The number of methoxy groups -OCH3 is 2. The Labute approximate surface area is 174 Å². The number of halogens is 1. The third-order valence-electron chi connectivity index (χ3n) is 5.69. The molecule has 1 N–H and O–H groups in total. The molecule has 0 radical (unpaired) electrons. The van der Waals surface area contributed by atoms with Gasteiger partial charge < -0.3 is 14.8 Å². The third kappa shape index (κ3) is 3.62. The molecule has 0 fully saturated rings. The minimum atomic E-state index is -0.312. The van der Waals surface area contributed by atoms with Gasteiger partial charge >= 0.3 is 0 Å². The summed E-state index contributed by atoms with van der Waals surface area (Å²) in [5, 5.41) is 3.51. The van der Waals surface area contributed by atoms with E-state index in [0.717, 1.165) is 11.1 Å². The molecule has 2 aromatic rings. The van der Waals surface area contributed by atoms with Gasteiger partial charge in [-0.15, -0.1) is 0 Å². The van der Waals surface area contributed by atoms with Crippen LogP contribution in [-0.2, 0) is 9.59 Å². The first-order valence-electron chi connectivity index (χ1n) is 9.54. The SMILES string of the molecule is COc1ccc(OC)c([C@H]2CC(=O)C3=C(C2)NC(=O)C[C@H]3c2ccccc2Cl)c1. The predicted octanol–water partition coefficient (Wildman–Crippen LogP) is 4.36. The lowest BCUT2D eigenvalue weighted by Crippen LogP contribution is -2.38. The molecule has 5 nitrogen and oxygen atoms in total. The van der Waals surface area contributed by atoms with Crippen molar-refractivity contribution in [1.82, 2.24) is 5.32 Å². The molecule has 0 saturated heterocycles. The van der Waals surface area contributed by atoms with Crippen LogP contribution in [0.2, 0.25) is 5.02 Å². The summed E-state index contributed by atoms with van der Waals surface area (Å²) in [6, 6.07) is 13.0. The normalized spacial score (nSPS) is 21.5. The first-order chi connectivity index (χ1) is 14.0. The monoisotopic (exact) mass is 411 g/mol. The highest BCUT2D eigenvalue weighted by molar-refractivity contribution is 6.31. The number of benzene rings is 2. The van der Waals surface area contributed by atoms with Gasteiger partial charge in [0.15, 0.2) is 5.78 Å². The number of carbonyl (C=O) groups is 2. The quantitative estimate of drug-likeness (QED) is 0.811. The zero-order chi connectivity index (χ0) is 20.5. The zero-order valence-corrected chi connectivity index (χ0v) is 17.1. The Hall–Kier alpha value is -2.79. The maximum absolute atomic E-state index is 13.2. The van der Waals surface area contributed by atoms with Gasteiger partial charge in [-0.05, 0) is 36.2 Å². The number of carbonyl (C=O) groups excluding carboxylic acids is 2. The fraction of sp³-hybridized carbons (Fsp3) is 0.304. The zero-order valence-electron chi connectivity index (χ0n) is 16.3. The lowest BCUT2D eigenvalue weighted by molar-refractivity contribution is -0.122. The van der Waals surface area contributed by atoms with Crippen LogP contribution in [0.15, 0.2) is 53.7 Å². The summed E-state index contributed by atoms with van der Waals surface area (Å²) in [6.07, 6.45) is 1.12. The van der Waals surface area contributed by atoms with E-state index in [9.17, 15) is 9.59 Å². The maximum atomic E-state index is 13.2. The first kappa shape index (κ1) is 19.5. The van der Waals surface area contributed by atoms with Crippen molar-refractivity contribution in [2.75, 3.05) is 14.2 Å². The van der Waals surface area contributed by atoms with Gasteiger partial charge in [-0.2, -0.15) is 0 Å². The topological polar surface area (TPSA) is 64.6 Å². The number of nitrogens with one attached hydrogen (secondary N) is 1. The molecular formula is C23H22ClNO4. The van der Waals surface area contributed by atoms with Crippen molar-refractivity contribution in [3.63, 3.8) is 0 Å². The molecule has 29 heavy (non-hydrogen) atoms. The van der Waals surface area contributed by atoms with E-state index < -0.39 is 0 Å². The second-order valence-corrected chi connectivity index (χ2v) is 7.76. The van der Waals surface area contributed by atoms with Gasteiger partial charge in [0.25, 0.3) is 0 Å². The molecule has 1 amide bonds. The van der Waals surface area contributed by atoms with Crippen molar-refractivity contribution >= 4 is 23.3 Å². The lowest BCUT2D eigenvalue weighted by Gasteiger charge is -2.35. The molecule has 1 aliphatic carbocycles. The number of Topliss-reactive ketones (excluding diaryl/α,β-unsaturated/α-hetero) is 1. The molecule has 1 aliphatic heterocycles. The van der Waals surface area contributed by atoms with Crippen molar-refractivity contribution in [3.05, 3.63) is 69.9 Å². The molecule has 2 atom stereocenters. The summed E-state index contributed by atoms with van der Waals surface area (Å²) < 4.78 is 10.9. The Bertz CT molecular complexity index is 1010. The standard InChI is InChI=1S/C23H22ClNO4/c1-28-14-7-8-21(29-2)16(11-14)13-9-19-23(20(26)10-13)17(12-22(27)25-19)15-5-3-4-6-18(15)24/h3-8,11,13,17H,9-10,12H2,1-2H3,(H,25,27)/t13-,17+/m1/s1. The average molecular weight is 412 g/mol. The smallest absolute Gasteiger partial charge is 0.225 e. The van der Waals surface area contributed by atoms with Crippen LogP contribution >= 0.6 is 11.6 Å². The lowest BCUT2D eigenvalue weighted by atomic mass is 9.73. The van der Waals surface area contributed by atoms with E-state index in [4.69, 9.17) is 21.1 Å². The van der Waals surface area contributed by atoms with Gasteiger partial charge in [0, 0.05) is 46.5 Å². The van der Waals surface area contributed by atoms with Gasteiger partial charge in [0.2, 0.25) is 5.91 Å². The molecular weight excluding hydrogens is 390 g/mol. The molecule has 2 aliphatic rings. The van der Waals surface area contributed by atoms with Gasteiger partial charge in [0.1, 0.15) is 11.5 Å². The van der Waals surface area contributed by atoms with Crippen molar-refractivity contribution in [2.24, 2.45) is 0 Å². The van der Waals surface area contributed by atoms with Crippen LogP contribution in [-0.4, -0.2) is 25.9 Å². The summed E-state index contributed by atoms with van der Waals surface area (Å²) in [6.45, 7) is 0. The summed E-state index contributed by atoms with van der Waals surface area (Å²) in [5.74, 6) is 0.933. The van der Waals surface area contributed by atoms with Gasteiger partial charge in [-0.25, -0.2) is 0 Å². The van der Waals surface area contributed by atoms with Crippen LogP contribution in [0.25, 0.3) is 0 Å². The van der Waals surface area contributed by atoms with E-state index in [-0.39, 0.29) is 29.9 Å². The first-order valence-corrected chi connectivity index (χ1v) is 9.92. The fourth-order valence-corrected chi connectivity index (χ4v) is 4.63. The molecule has 1 heterocycles. The van der Waals surface area contributed by atoms with E-state index in [1.165, 1.54) is 0 Å². The van der Waals surface area contributed by atoms with E-state index in [1.54, 1.807) is 20.3 Å². The van der Waals surface area contributed by atoms with E-state index >= 15 is 0 Å².